The Morgan fingerprint density at radius 3 is 2.78 bits per heavy atom. The van der Waals surface area contributed by atoms with Gasteiger partial charge in [0.15, 0.2) is 0 Å². The number of rotatable bonds is 5. The van der Waals surface area contributed by atoms with Crippen molar-refractivity contribution in [3.63, 3.8) is 0 Å². The van der Waals surface area contributed by atoms with Gasteiger partial charge in [0.25, 0.3) is 0 Å². The van der Waals surface area contributed by atoms with Crippen LogP contribution in [-0.2, 0) is 15.1 Å². The summed E-state index contributed by atoms with van der Waals surface area (Å²) in [5.74, 6) is 0.891. The van der Waals surface area contributed by atoms with E-state index in [4.69, 9.17) is 4.74 Å². The minimum atomic E-state index is -0.515. The number of hydrogen-bond donors (Lipinski definition) is 1. The van der Waals surface area contributed by atoms with Gasteiger partial charge in [0, 0.05) is 39.2 Å². The van der Waals surface area contributed by atoms with Crippen LogP contribution in [0.2, 0.25) is 0 Å². The molecule has 0 aromatic carbocycles. The predicted octanol–water partition coefficient (Wildman–Crippen LogP) is 1.24. The van der Waals surface area contributed by atoms with Crippen molar-refractivity contribution in [1.29, 1.82) is 0 Å². The molecule has 6 heteroatoms. The normalized spacial score (nSPS) is 22.0. The lowest BCUT2D eigenvalue weighted by molar-refractivity contribution is -0.142. The number of ether oxygens (including phenoxy) is 1. The summed E-state index contributed by atoms with van der Waals surface area (Å²) in [5.41, 5.74) is -0.515. The first-order valence-corrected chi connectivity index (χ1v) is 8.76. The van der Waals surface area contributed by atoms with Gasteiger partial charge >= 0.3 is 0 Å². The molecule has 1 aromatic rings. The molecule has 0 bridgehead atoms. The van der Waals surface area contributed by atoms with Crippen molar-refractivity contribution in [1.82, 2.24) is 20.0 Å². The van der Waals surface area contributed by atoms with E-state index in [1.807, 2.05) is 28.9 Å². The Morgan fingerprint density at radius 2 is 2.13 bits per heavy atom. The summed E-state index contributed by atoms with van der Waals surface area (Å²) >= 11 is 0. The van der Waals surface area contributed by atoms with Crippen LogP contribution in [0.15, 0.2) is 18.5 Å². The lowest BCUT2D eigenvalue weighted by atomic mass is 9.86. The molecule has 1 aromatic heterocycles. The maximum atomic E-state index is 13.2. The molecule has 2 saturated heterocycles. The lowest BCUT2D eigenvalue weighted by Crippen LogP contribution is -2.55. The highest BCUT2D eigenvalue weighted by Crippen LogP contribution is 2.29. The molecule has 0 spiro atoms. The van der Waals surface area contributed by atoms with E-state index in [-0.39, 0.29) is 5.91 Å². The quantitative estimate of drug-likeness (QED) is 0.887. The summed E-state index contributed by atoms with van der Waals surface area (Å²) in [5, 5.41) is 7.74. The topological polar surface area (TPSA) is 59.4 Å². The standard InChI is InChI=1S/C17H28N4O2/c1-20(12-3-15-4-13-23-14-5-15)16(22)17(6-9-18-10-7-17)21-11-2-8-19-21/h2,8,11,15,18H,3-7,9-10,12-14H2,1H3. The maximum Gasteiger partial charge on any atom is 0.250 e. The number of aromatic nitrogens is 2. The van der Waals surface area contributed by atoms with Crippen LogP contribution in [-0.4, -0.2) is 60.5 Å². The predicted molar refractivity (Wildman–Crippen MR) is 88.1 cm³/mol. The highest BCUT2D eigenvalue weighted by molar-refractivity contribution is 5.84. The van der Waals surface area contributed by atoms with Crippen LogP contribution < -0.4 is 5.32 Å². The molecule has 0 aliphatic carbocycles. The number of carbonyl (C=O) groups excluding carboxylic acids is 1. The van der Waals surface area contributed by atoms with Crippen molar-refractivity contribution >= 4 is 5.91 Å². The molecule has 1 amide bonds. The first-order chi connectivity index (χ1) is 11.2. The summed E-state index contributed by atoms with van der Waals surface area (Å²) in [7, 11) is 1.94. The third kappa shape index (κ3) is 3.58. The molecular weight excluding hydrogens is 292 g/mol. The molecule has 0 unspecified atom stereocenters. The molecule has 128 valence electrons. The van der Waals surface area contributed by atoms with Crippen LogP contribution in [0.25, 0.3) is 0 Å². The van der Waals surface area contributed by atoms with Crippen LogP contribution in [0.3, 0.4) is 0 Å². The largest absolute Gasteiger partial charge is 0.381 e. The van der Waals surface area contributed by atoms with Gasteiger partial charge < -0.3 is 15.0 Å². The van der Waals surface area contributed by atoms with E-state index in [1.165, 1.54) is 0 Å². The van der Waals surface area contributed by atoms with Crippen molar-refractivity contribution in [2.45, 2.75) is 37.6 Å². The molecule has 23 heavy (non-hydrogen) atoms. The van der Waals surface area contributed by atoms with E-state index in [0.717, 1.165) is 65.0 Å². The molecule has 2 aliphatic heterocycles. The molecular formula is C17H28N4O2. The number of hydrogen-bond acceptors (Lipinski definition) is 4. The second-order valence-electron chi connectivity index (χ2n) is 6.80. The van der Waals surface area contributed by atoms with Crippen molar-refractivity contribution in [2.24, 2.45) is 5.92 Å². The third-order valence-electron chi connectivity index (χ3n) is 5.33. The average Bonchev–Trinajstić information content (AvgIpc) is 3.15. The zero-order valence-corrected chi connectivity index (χ0v) is 14.0. The summed E-state index contributed by atoms with van der Waals surface area (Å²) in [6, 6.07) is 1.90. The number of carbonyl (C=O) groups is 1. The second kappa shape index (κ2) is 7.45. The van der Waals surface area contributed by atoms with Gasteiger partial charge in [0.2, 0.25) is 5.91 Å². The summed E-state index contributed by atoms with van der Waals surface area (Å²) < 4.78 is 7.29. The van der Waals surface area contributed by atoms with Gasteiger partial charge in [-0.3, -0.25) is 9.48 Å². The summed E-state index contributed by atoms with van der Waals surface area (Å²) in [6.07, 6.45) is 8.60. The SMILES string of the molecule is CN(CCC1CCOCC1)C(=O)C1(n2cccn2)CCNCC1. The average molecular weight is 320 g/mol. The molecule has 6 nitrogen and oxygen atoms in total. The minimum Gasteiger partial charge on any atom is -0.381 e. The van der Waals surface area contributed by atoms with Crippen molar-refractivity contribution in [2.75, 3.05) is 39.9 Å². The first-order valence-electron chi connectivity index (χ1n) is 8.76. The van der Waals surface area contributed by atoms with Crippen LogP contribution in [0, 0.1) is 5.92 Å². The van der Waals surface area contributed by atoms with E-state index in [2.05, 4.69) is 10.4 Å². The van der Waals surface area contributed by atoms with Gasteiger partial charge in [0.1, 0.15) is 5.54 Å². The molecule has 2 aliphatic rings. The van der Waals surface area contributed by atoms with Crippen LogP contribution in [0.5, 0.6) is 0 Å². The molecule has 3 rings (SSSR count). The zero-order chi connectivity index (χ0) is 16.1. The van der Waals surface area contributed by atoms with Gasteiger partial charge in [-0.2, -0.15) is 5.10 Å². The van der Waals surface area contributed by atoms with Crippen molar-refractivity contribution < 1.29 is 9.53 Å². The van der Waals surface area contributed by atoms with Crippen LogP contribution in [0.1, 0.15) is 32.1 Å². The second-order valence-corrected chi connectivity index (χ2v) is 6.80. The Morgan fingerprint density at radius 1 is 1.39 bits per heavy atom. The molecule has 3 heterocycles. The van der Waals surface area contributed by atoms with E-state index in [1.54, 1.807) is 6.20 Å². The fraction of sp³-hybridized carbons (Fsp3) is 0.765. The number of nitrogens with zero attached hydrogens (tertiary/aromatic N) is 3. The van der Waals surface area contributed by atoms with Gasteiger partial charge in [-0.25, -0.2) is 0 Å². The summed E-state index contributed by atoms with van der Waals surface area (Å²) in [4.78, 5) is 15.1. The van der Waals surface area contributed by atoms with Gasteiger partial charge in [-0.05, 0) is 57.2 Å². The highest BCUT2D eigenvalue weighted by Gasteiger charge is 2.43. The Labute approximate surface area is 138 Å². The molecule has 1 N–H and O–H groups in total. The van der Waals surface area contributed by atoms with Gasteiger partial charge in [0.05, 0.1) is 0 Å². The molecule has 2 fully saturated rings. The Bertz CT molecular complexity index is 491. The third-order valence-corrected chi connectivity index (χ3v) is 5.33. The monoisotopic (exact) mass is 320 g/mol. The minimum absolute atomic E-state index is 0.203. The van der Waals surface area contributed by atoms with Crippen molar-refractivity contribution in [3.05, 3.63) is 18.5 Å². The van der Waals surface area contributed by atoms with E-state index < -0.39 is 5.54 Å². The molecule has 0 radical (unpaired) electrons. The first kappa shape index (κ1) is 16.5. The maximum absolute atomic E-state index is 13.2. The number of amides is 1. The smallest absolute Gasteiger partial charge is 0.250 e. The molecule has 0 atom stereocenters. The number of likely N-dealkylation sites (N-methyl/N-ethyl adjacent to an activating group) is 1. The molecule has 0 saturated carbocycles. The van der Waals surface area contributed by atoms with Crippen LogP contribution in [0.4, 0.5) is 0 Å². The summed E-state index contributed by atoms with van der Waals surface area (Å²) in [6.45, 7) is 4.27. The number of piperidine rings is 1. The Hall–Kier alpha value is -1.40. The van der Waals surface area contributed by atoms with Crippen molar-refractivity contribution in [3.8, 4) is 0 Å². The zero-order valence-electron chi connectivity index (χ0n) is 14.0. The van der Waals surface area contributed by atoms with Gasteiger partial charge in [-0.1, -0.05) is 0 Å². The lowest BCUT2D eigenvalue weighted by Gasteiger charge is -2.39. The van der Waals surface area contributed by atoms with E-state index in [9.17, 15) is 4.79 Å². The highest BCUT2D eigenvalue weighted by atomic mass is 16.5. The Kier molecular flexibility index (Phi) is 5.33. The number of nitrogens with one attached hydrogen (secondary N) is 1. The Balaban J connectivity index is 1.65. The fourth-order valence-corrected chi connectivity index (χ4v) is 3.77. The van der Waals surface area contributed by atoms with Gasteiger partial charge in [-0.15, -0.1) is 0 Å². The van der Waals surface area contributed by atoms with E-state index in [0.29, 0.717) is 5.92 Å². The van der Waals surface area contributed by atoms with Crippen LogP contribution >= 0.6 is 0 Å². The fourth-order valence-electron chi connectivity index (χ4n) is 3.77. The van der Waals surface area contributed by atoms with E-state index >= 15 is 0 Å².